The Bertz CT molecular complexity index is 2250. The molecule has 1 aliphatic heterocycles. The van der Waals surface area contributed by atoms with E-state index in [4.69, 9.17) is 29.0 Å². The molecule has 0 bridgehead atoms. The van der Waals surface area contributed by atoms with Crippen molar-refractivity contribution >= 4 is 39.2 Å². The molecule has 1 aliphatic rings. The Kier molecular flexibility index (Phi) is 35.6. The van der Waals surface area contributed by atoms with E-state index in [1.165, 1.54) is 50.7 Å². The highest BCUT2D eigenvalue weighted by Gasteiger charge is 2.46. The molecule has 7 atom stereocenters. The van der Waals surface area contributed by atoms with Gasteiger partial charge in [0.25, 0.3) is 0 Å². The summed E-state index contributed by atoms with van der Waals surface area (Å²) in [6, 6.07) is 1.23. The Morgan fingerprint density at radius 3 is 1.77 bits per heavy atom. The summed E-state index contributed by atoms with van der Waals surface area (Å²) in [6.07, 6.45) is 43.3. The second kappa shape index (κ2) is 40.4. The molecule has 1 saturated heterocycles. The minimum Gasteiger partial charge on any atom is -0.462 e. The van der Waals surface area contributed by atoms with Crippen LogP contribution in [0.3, 0.4) is 0 Å². The van der Waals surface area contributed by atoms with Crippen molar-refractivity contribution in [2.24, 2.45) is 0 Å². The highest BCUT2D eigenvalue weighted by Crippen LogP contribution is 2.60. The molecular formula is C54H81N3O16P2. The lowest BCUT2D eigenvalue weighted by Crippen LogP contribution is -2.36. The number of carbonyl (C=O) groups excluding carboxylic acids is 3. The van der Waals surface area contributed by atoms with Crippen LogP contribution < -0.4 is 11.4 Å². The number of hydrogen-bond donors (Lipinski definition) is 5. The normalized spacial score (nSPS) is 19.6. The molecule has 21 heteroatoms. The molecule has 2 heterocycles. The van der Waals surface area contributed by atoms with Gasteiger partial charge in [-0.1, -0.05) is 143 Å². The Hall–Kier alpha value is -4.91. The van der Waals surface area contributed by atoms with Gasteiger partial charge in [-0.15, -0.1) is 0 Å². The molecule has 0 amide bonds. The SMILES string of the molecule is CCCCC/C=C\C/C=C\C/C=C\C=C\C(=O)CCCC(=O)O[C@H](COC(=O)CC/C=C\C/C=C\C/C=C\C/C=C\C/C=C\CCCCC)COP(=O)(O)OP(=O)(O)OC[C@H]1O[C@@H](n2ccc(N)nc2=O)[C@H](O)[C@@H]1O. The number of nitrogens with two attached hydrogens (primary N) is 1. The summed E-state index contributed by atoms with van der Waals surface area (Å²) >= 11 is 0. The van der Waals surface area contributed by atoms with Gasteiger partial charge in [-0.3, -0.25) is 28.0 Å². The van der Waals surface area contributed by atoms with Gasteiger partial charge in [0.05, 0.1) is 13.2 Å². The maximum Gasteiger partial charge on any atom is 0.481 e. The van der Waals surface area contributed by atoms with Crippen LogP contribution in [0.15, 0.2) is 126 Å². The summed E-state index contributed by atoms with van der Waals surface area (Å²) in [5.74, 6) is -1.92. The molecular weight excluding hydrogens is 1010 g/mol. The van der Waals surface area contributed by atoms with Gasteiger partial charge in [-0.05, 0) is 89.2 Å². The number of unbranched alkanes of at least 4 members (excludes halogenated alkanes) is 6. The van der Waals surface area contributed by atoms with Gasteiger partial charge in [0.1, 0.15) is 30.7 Å². The van der Waals surface area contributed by atoms with Crippen LogP contribution in [0.1, 0.15) is 142 Å². The first-order valence-electron chi connectivity index (χ1n) is 25.9. The topological polar surface area (TPSA) is 283 Å². The molecule has 0 saturated carbocycles. The Balaban J connectivity index is 1.89. The maximum absolute atomic E-state index is 12.9. The molecule has 0 spiro atoms. The third kappa shape index (κ3) is 33.0. The van der Waals surface area contributed by atoms with Crippen molar-refractivity contribution in [2.45, 2.75) is 166 Å². The van der Waals surface area contributed by atoms with Crippen LogP contribution in [-0.4, -0.2) is 91.5 Å². The van der Waals surface area contributed by atoms with Crippen molar-refractivity contribution in [3.63, 3.8) is 0 Å². The van der Waals surface area contributed by atoms with E-state index in [9.17, 15) is 48.3 Å². The number of ketones is 1. The fraction of sp³-hybridized carbons (Fsp3) is 0.537. The third-order valence-corrected chi connectivity index (χ3v) is 13.4. The first-order chi connectivity index (χ1) is 36.1. The molecule has 0 aliphatic carbocycles. The summed E-state index contributed by atoms with van der Waals surface area (Å²) < 4.78 is 56.4. The van der Waals surface area contributed by atoms with Crippen LogP contribution in [0.25, 0.3) is 0 Å². The van der Waals surface area contributed by atoms with Gasteiger partial charge in [0, 0.05) is 25.5 Å². The van der Waals surface area contributed by atoms with Gasteiger partial charge in [0.15, 0.2) is 18.1 Å². The lowest BCUT2D eigenvalue weighted by Gasteiger charge is -2.21. The number of esters is 2. The maximum atomic E-state index is 12.9. The van der Waals surface area contributed by atoms with Crippen LogP contribution in [-0.2, 0) is 51.1 Å². The van der Waals surface area contributed by atoms with Crippen molar-refractivity contribution in [1.29, 1.82) is 0 Å². The predicted molar refractivity (Wildman–Crippen MR) is 289 cm³/mol. The number of rotatable bonds is 41. The molecule has 0 aromatic carbocycles. The number of phosphoric acid groups is 2. The lowest BCUT2D eigenvalue weighted by molar-refractivity contribution is -0.161. The van der Waals surface area contributed by atoms with E-state index in [0.717, 1.165) is 49.3 Å². The standard InChI is InChI=1S/C54H81N3O16P2/c1-3-5-7-9-11-13-15-17-18-19-20-21-22-24-26-28-30-32-34-38-49(59)68-42-46(71-50(60)39-35-37-45(58)36-33-31-29-27-25-23-16-14-12-10-8-6-4-2)43-69-74(64,65)73-75(66,67)70-44-47-51(61)52(62)53(72-47)57-41-40-48(55)56-54(57)63/h11-14,17-18,20-21,23-26,29-33,36,40-41,46-47,51-53,61-62H,3-10,15-16,19,22,27-28,34-35,37-39,42-44H2,1-2H3,(H,64,65)(H,66,67)(H2,55,56,63)/b13-11-,14-12-,18-17-,21-20-,25-23-,26-24-,31-29-,32-30-,36-33+/t46-,47-,51-,52-,53-/m1/s1. The minimum atomic E-state index is -5.51. The van der Waals surface area contributed by atoms with E-state index in [0.29, 0.717) is 19.3 Å². The lowest BCUT2D eigenvalue weighted by atomic mass is 10.1. The molecule has 6 N–H and O–H groups in total. The Morgan fingerprint density at radius 1 is 0.680 bits per heavy atom. The van der Waals surface area contributed by atoms with Crippen LogP contribution in [0.2, 0.25) is 0 Å². The van der Waals surface area contributed by atoms with Crippen molar-refractivity contribution < 1.29 is 71.1 Å². The van der Waals surface area contributed by atoms with Crippen molar-refractivity contribution in [2.75, 3.05) is 25.6 Å². The molecule has 1 fully saturated rings. The highest BCUT2D eigenvalue weighted by atomic mass is 31.3. The average Bonchev–Trinajstić information content (AvgIpc) is 3.64. The molecule has 0 radical (unpaired) electrons. The fourth-order valence-electron chi connectivity index (χ4n) is 6.78. The Morgan fingerprint density at radius 2 is 1.21 bits per heavy atom. The predicted octanol–water partition coefficient (Wildman–Crippen LogP) is 10.2. The number of phosphoric ester groups is 2. The van der Waals surface area contributed by atoms with Crippen molar-refractivity contribution in [3.8, 4) is 0 Å². The van der Waals surface area contributed by atoms with Gasteiger partial charge >= 0.3 is 33.3 Å². The average molecular weight is 1090 g/mol. The Labute approximate surface area is 442 Å². The summed E-state index contributed by atoms with van der Waals surface area (Å²) in [5.41, 5.74) is 4.56. The zero-order chi connectivity index (χ0) is 55.0. The number of aromatic nitrogens is 2. The van der Waals surface area contributed by atoms with E-state index in [-0.39, 0.29) is 37.3 Å². The van der Waals surface area contributed by atoms with E-state index in [1.807, 2.05) is 30.4 Å². The number of anilines is 1. The number of nitrogens with zero attached hydrogens (tertiary/aromatic N) is 2. The summed E-state index contributed by atoms with van der Waals surface area (Å²) in [7, 11) is -11.0. The summed E-state index contributed by atoms with van der Waals surface area (Å²) in [5, 5.41) is 20.9. The third-order valence-electron chi connectivity index (χ3n) is 10.8. The largest absolute Gasteiger partial charge is 0.481 e. The fourth-order valence-corrected chi connectivity index (χ4v) is 8.89. The van der Waals surface area contributed by atoms with Crippen LogP contribution in [0.5, 0.6) is 0 Å². The molecule has 75 heavy (non-hydrogen) atoms. The quantitative estimate of drug-likeness (QED) is 0.0102. The van der Waals surface area contributed by atoms with Crippen LogP contribution in [0, 0.1) is 0 Å². The monoisotopic (exact) mass is 1090 g/mol. The number of ether oxygens (including phenoxy) is 3. The van der Waals surface area contributed by atoms with E-state index >= 15 is 0 Å². The smallest absolute Gasteiger partial charge is 0.462 e. The van der Waals surface area contributed by atoms with Crippen molar-refractivity contribution in [1.82, 2.24) is 9.55 Å². The minimum absolute atomic E-state index is 0.00112. The van der Waals surface area contributed by atoms with Gasteiger partial charge < -0.3 is 39.9 Å². The number of aliphatic hydroxyl groups excluding tert-OH is 2. The molecule has 1 aromatic rings. The molecule has 2 unspecified atom stereocenters. The molecule has 1 aromatic heterocycles. The number of nitrogen functional groups attached to an aromatic ring is 1. The van der Waals surface area contributed by atoms with E-state index in [1.54, 1.807) is 18.2 Å². The number of hydrogen-bond acceptors (Lipinski definition) is 16. The van der Waals surface area contributed by atoms with Gasteiger partial charge in [-0.25, -0.2) is 13.9 Å². The zero-order valence-electron chi connectivity index (χ0n) is 43.5. The molecule has 2 rings (SSSR count). The molecule has 418 valence electrons. The summed E-state index contributed by atoms with van der Waals surface area (Å²) in [4.78, 5) is 74.3. The van der Waals surface area contributed by atoms with Crippen LogP contribution >= 0.6 is 15.6 Å². The van der Waals surface area contributed by atoms with Crippen LogP contribution in [0.4, 0.5) is 5.82 Å². The summed E-state index contributed by atoms with van der Waals surface area (Å²) in [6.45, 7) is 1.78. The second-order valence-electron chi connectivity index (χ2n) is 17.3. The molecule has 19 nitrogen and oxygen atoms in total. The zero-order valence-corrected chi connectivity index (χ0v) is 45.3. The van der Waals surface area contributed by atoms with E-state index in [2.05, 4.69) is 77.8 Å². The van der Waals surface area contributed by atoms with Gasteiger partial charge in [0.2, 0.25) is 0 Å². The van der Waals surface area contributed by atoms with Crippen molar-refractivity contribution in [3.05, 3.63) is 132 Å². The van der Waals surface area contributed by atoms with Gasteiger partial charge in [-0.2, -0.15) is 9.29 Å². The number of allylic oxidation sites excluding steroid dienone is 18. The first-order valence-corrected chi connectivity index (χ1v) is 28.8. The highest BCUT2D eigenvalue weighted by molar-refractivity contribution is 7.61. The number of carbonyl (C=O) groups is 3. The first kappa shape index (κ1) is 66.2. The second-order valence-corrected chi connectivity index (χ2v) is 20.4. The number of aliphatic hydroxyl groups is 2. The van der Waals surface area contributed by atoms with E-state index < -0.39 is 83.7 Å².